The van der Waals surface area contributed by atoms with Crippen LogP contribution in [-0.4, -0.2) is 56.6 Å². The number of hydrogen-bond acceptors (Lipinski definition) is 6. The van der Waals surface area contributed by atoms with Crippen LogP contribution in [-0.2, 0) is 25.4 Å². The molecule has 0 aromatic heterocycles. The van der Waals surface area contributed by atoms with Gasteiger partial charge in [0.15, 0.2) is 0 Å². The van der Waals surface area contributed by atoms with Crippen LogP contribution in [0.15, 0.2) is 30.3 Å². The summed E-state index contributed by atoms with van der Waals surface area (Å²) in [5.41, 5.74) is 0.460. The van der Waals surface area contributed by atoms with Gasteiger partial charge in [-0.05, 0) is 46.1 Å². The highest BCUT2D eigenvalue weighted by Crippen LogP contribution is 2.12. The van der Waals surface area contributed by atoms with Gasteiger partial charge in [-0.3, -0.25) is 4.79 Å². The maximum atomic E-state index is 12.4. The molecular formula is C21H34N2O5. The van der Waals surface area contributed by atoms with E-state index in [4.69, 9.17) is 14.2 Å². The van der Waals surface area contributed by atoms with Crippen molar-refractivity contribution < 1.29 is 23.8 Å². The number of benzene rings is 1. The summed E-state index contributed by atoms with van der Waals surface area (Å²) in [5, 5.41) is 6.05. The van der Waals surface area contributed by atoms with Crippen LogP contribution in [0, 0.1) is 0 Å². The van der Waals surface area contributed by atoms with Gasteiger partial charge in [-0.2, -0.15) is 0 Å². The average molecular weight is 395 g/mol. The van der Waals surface area contributed by atoms with Crippen LogP contribution in [0.1, 0.15) is 39.7 Å². The zero-order valence-electron chi connectivity index (χ0n) is 17.6. The van der Waals surface area contributed by atoms with Crippen molar-refractivity contribution in [3.8, 4) is 0 Å². The molecule has 2 N–H and O–H groups in total. The fraction of sp³-hybridized carbons (Fsp3) is 0.619. The summed E-state index contributed by atoms with van der Waals surface area (Å²) in [6.07, 6.45) is 0.437. The van der Waals surface area contributed by atoms with Crippen LogP contribution in [0.4, 0.5) is 4.79 Å². The predicted molar refractivity (Wildman–Crippen MR) is 108 cm³/mol. The lowest BCUT2D eigenvalue weighted by molar-refractivity contribution is -0.146. The Bertz CT molecular complexity index is 586. The van der Waals surface area contributed by atoms with Gasteiger partial charge in [-0.25, -0.2) is 4.79 Å². The third-order valence-corrected chi connectivity index (χ3v) is 3.83. The van der Waals surface area contributed by atoms with Gasteiger partial charge < -0.3 is 24.8 Å². The first kappa shape index (κ1) is 23.9. The molecule has 0 radical (unpaired) electrons. The maximum Gasteiger partial charge on any atom is 0.407 e. The summed E-state index contributed by atoms with van der Waals surface area (Å²) in [6, 6.07) is 8.94. The average Bonchev–Trinajstić information content (AvgIpc) is 2.60. The lowest BCUT2D eigenvalue weighted by Gasteiger charge is -2.26. The number of alkyl carbamates (subject to hydrolysis) is 1. The summed E-state index contributed by atoms with van der Waals surface area (Å²) in [5.74, 6) is -0.345. The maximum absolute atomic E-state index is 12.4. The minimum atomic E-state index is -0.599. The van der Waals surface area contributed by atoms with Crippen molar-refractivity contribution in [2.45, 2.75) is 58.2 Å². The number of hydrogen-bond donors (Lipinski definition) is 2. The molecule has 2 atom stereocenters. The smallest absolute Gasteiger partial charge is 0.407 e. The highest BCUT2D eigenvalue weighted by atomic mass is 16.6. The summed E-state index contributed by atoms with van der Waals surface area (Å²) in [4.78, 5) is 24.7. The van der Waals surface area contributed by atoms with E-state index in [-0.39, 0.29) is 12.0 Å². The monoisotopic (exact) mass is 394 g/mol. The molecule has 0 aliphatic heterocycles. The van der Waals surface area contributed by atoms with E-state index >= 15 is 0 Å². The van der Waals surface area contributed by atoms with E-state index in [1.807, 2.05) is 51.1 Å². The summed E-state index contributed by atoms with van der Waals surface area (Å²) in [6.45, 7) is 8.48. The van der Waals surface area contributed by atoms with E-state index in [2.05, 4.69) is 10.6 Å². The van der Waals surface area contributed by atoms with E-state index in [1.54, 1.807) is 14.0 Å². The molecule has 28 heavy (non-hydrogen) atoms. The summed E-state index contributed by atoms with van der Waals surface area (Å²) in [7, 11) is 1.60. The molecule has 0 spiro atoms. The molecule has 0 heterocycles. The molecule has 1 aromatic rings. The second-order valence-corrected chi connectivity index (χ2v) is 7.52. The first-order valence-electron chi connectivity index (χ1n) is 9.67. The van der Waals surface area contributed by atoms with Crippen molar-refractivity contribution in [2.75, 3.05) is 26.9 Å². The molecule has 0 bridgehead atoms. The first-order valence-corrected chi connectivity index (χ1v) is 9.67. The van der Waals surface area contributed by atoms with Crippen molar-refractivity contribution in [3.63, 3.8) is 0 Å². The molecule has 158 valence electrons. The third-order valence-electron chi connectivity index (χ3n) is 3.83. The Hall–Kier alpha value is -2.12. The van der Waals surface area contributed by atoms with Gasteiger partial charge >= 0.3 is 12.1 Å². The summed E-state index contributed by atoms with van der Waals surface area (Å²) >= 11 is 0. The Kier molecular flexibility index (Phi) is 10.6. The molecule has 1 rings (SSSR count). The Balaban J connectivity index is 2.88. The van der Waals surface area contributed by atoms with E-state index < -0.39 is 17.7 Å². The Morgan fingerprint density at radius 3 is 2.39 bits per heavy atom. The molecule has 2 unspecified atom stereocenters. The molecule has 7 heteroatoms. The highest BCUT2D eigenvalue weighted by molar-refractivity contribution is 5.76. The predicted octanol–water partition coefficient (Wildman–Crippen LogP) is 2.68. The first-order chi connectivity index (χ1) is 13.2. The van der Waals surface area contributed by atoms with E-state index in [1.165, 1.54) is 0 Å². The number of carbonyl (C=O) groups excluding carboxylic acids is 2. The normalized spacial score (nSPS) is 13.5. The number of carbonyl (C=O) groups is 2. The Morgan fingerprint density at radius 2 is 1.82 bits per heavy atom. The Labute approximate surface area is 168 Å². The second-order valence-electron chi connectivity index (χ2n) is 7.52. The van der Waals surface area contributed by atoms with E-state index in [9.17, 15) is 9.59 Å². The Morgan fingerprint density at radius 1 is 1.14 bits per heavy atom. The van der Waals surface area contributed by atoms with Gasteiger partial charge in [-0.15, -0.1) is 0 Å². The highest BCUT2D eigenvalue weighted by Gasteiger charge is 2.26. The number of amides is 1. The van der Waals surface area contributed by atoms with Crippen molar-refractivity contribution in [1.29, 1.82) is 0 Å². The van der Waals surface area contributed by atoms with E-state index in [0.29, 0.717) is 32.6 Å². The second kappa shape index (κ2) is 12.4. The van der Waals surface area contributed by atoms with Gasteiger partial charge in [-0.1, -0.05) is 30.3 Å². The number of methoxy groups -OCH3 is 1. The van der Waals surface area contributed by atoms with Crippen LogP contribution in [0.3, 0.4) is 0 Å². The zero-order chi connectivity index (χ0) is 21.0. The van der Waals surface area contributed by atoms with Gasteiger partial charge in [0.25, 0.3) is 0 Å². The molecule has 0 aliphatic rings. The molecule has 0 saturated carbocycles. The number of nitrogens with one attached hydrogen (secondary N) is 2. The van der Waals surface area contributed by atoms with Crippen LogP contribution < -0.4 is 10.6 Å². The van der Waals surface area contributed by atoms with Crippen LogP contribution in [0.2, 0.25) is 0 Å². The molecule has 0 aliphatic carbocycles. The molecule has 7 nitrogen and oxygen atoms in total. The molecule has 1 aromatic carbocycles. The quantitative estimate of drug-likeness (QED) is 0.443. The number of esters is 1. The zero-order valence-corrected chi connectivity index (χ0v) is 17.6. The van der Waals surface area contributed by atoms with Crippen molar-refractivity contribution in [3.05, 3.63) is 35.9 Å². The third kappa shape index (κ3) is 10.3. The number of rotatable bonds is 11. The van der Waals surface area contributed by atoms with Gasteiger partial charge in [0, 0.05) is 19.7 Å². The largest absolute Gasteiger partial charge is 0.465 e. The van der Waals surface area contributed by atoms with E-state index in [0.717, 1.165) is 5.56 Å². The fourth-order valence-electron chi connectivity index (χ4n) is 2.69. The lowest BCUT2D eigenvalue weighted by Crippen LogP contribution is -2.48. The SMILES string of the molecule is CCOC(=O)C(CC(Cc1ccccc1)NC(=O)OC(C)(C)C)NCCOC. The lowest BCUT2D eigenvalue weighted by atomic mass is 9.99. The standard InChI is InChI=1S/C21H34N2O5/c1-6-27-19(24)18(22-12-13-26-5)15-17(14-16-10-8-7-9-11-16)23-20(25)28-21(2,3)4/h7-11,17-18,22H,6,12-15H2,1-5H3,(H,23,25). The molecule has 0 fully saturated rings. The van der Waals surface area contributed by atoms with Crippen molar-refractivity contribution in [1.82, 2.24) is 10.6 Å². The molecule has 1 amide bonds. The topological polar surface area (TPSA) is 85.9 Å². The van der Waals surface area contributed by atoms with Gasteiger partial charge in [0.2, 0.25) is 0 Å². The van der Waals surface area contributed by atoms with Gasteiger partial charge in [0.05, 0.1) is 13.2 Å². The fourth-order valence-corrected chi connectivity index (χ4v) is 2.69. The molecular weight excluding hydrogens is 360 g/mol. The molecule has 0 saturated heterocycles. The summed E-state index contributed by atoms with van der Waals surface area (Å²) < 4.78 is 15.6. The van der Waals surface area contributed by atoms with Crippen LogP contribution in [0.5, 0.6) is 0 Å². The van der Waals surface area contributed by atoms with Gasteiger partial charge in [0.1, 0.15) is 11.6 Å². The minimum absolute atomic E-state index is 0.296. The number of ether oxygens (including phenoxy) is 3. The van der Waals surface area contributed by atoms with Crippen molar-refractivity contribution >= 4 is 12.1 Å². The van der Waals surface area contributed by atoms with Crippen LogP contribution >= 0.6 is 0 Å². The van der Waals surface area contributed by atoms with Crippen molar-refractivity contribution in [2.24, 2.45) is 0 Å². The minimum Gasteiger partial charge on any atom is -0.465 e. The van der Waals surface area contributed by atoms with Crippen LogP contribution in [0.25, 0.3) is 0 Å².